The molecule has 4 aromatic heterocycles. The van der Waals surface area contributed by atoms with Gasteiger partial charge < -0.3 is 14.2 Å². The van der Waals surface area contributed by atoms with Gasteiger partial charge in [-0.1, -0.05) is 11.3 Å². The second kappa shape index (κ2) is 7.28. The van der Waals surface area contributed by atoms with Crippen molar-refractivity contribution in [2.45, 2.75) is 38.8 Å². The summed E-state index contributed by atoms with van der Waals surface area (Å²) in [6.07, 6.45) is 7.76. The number of aryl methyl sites for hydroxylation is 1. The molecule has 5 rings (SSSR count). The van der Waals surface area contributed by atoms with Crippen molar-refractivity contribution in [3.63, 3.8) is 0 Å². The van der Waals surface area contributed by atoms with Crippen LogP contribution < -0.4 is 4.90 Å². The van der Waals surface area contributed by atoms with Crippen molar-refractivity contribution in [1.29, 1.82) is 0 Å². The fourth-order valence-electron chi connectivity index (χ4n) is 4.22. The number of anilines is 1. The standard InChI is InChI=1S/C22H25FN6S/c1-13-11-29-12-15(8-17(23)21(29)25-13)18-9-20-19(10-24-18)26-22(30-20)28(4)16-5-6-27(3)14(2)7-16/h8-12,14,16H,5-7H2,1-4H3. The Morgan fingerprint density at radius 3 is 2.87 bits per heavy atom. The van der Waals surface area contributed by atoms with Gasteiger partial charge in [-0.15, -0.1) is 0 Å². The summed E-state index contributed by atoms with van der Waals surface area (Å²) in [6, 6.07) is 4.58. The lowest BCUT2D eigenvalue weighted by Gasteiger charge is -2.39. The first kappa shape index (κ1) is 19.4. The van der Waals surface area contributed by atoms with Gasteiger partial charge in [0, 0.05) is 43.6 Å². The van der Waals surface area contributed by atoms with E-state index in [0.717, 1.165) is 51.7 Å². The number of aromatic nitrogens is 4. The molecule has 30 heavy (non-hydrogen) atoms. The van der Waals surface area contributed by atoms with Crippen LogP contribution in [0, 0.1) is 12.7 Å². The summed E-state index contributed by atoms with van der Waals surface area (Å²) in [6.45, 7) is 5.25. The highest BCUT2D eigenvalue weighted by Gasteiger charge is 2.27. The molecule has 2 atom stereocenters. The van der Waals surface area contributed by atoms with E-state index in [0.29, 0.717) is 17.7 Å². The van der Waals surface area contributed by atoms with Crippen molar-refractivity contribution in [3.8, 4) is 11.3 Å². The van der Waals surface area contributed by atoms with Gasteiger partial charge in [-0.25, -0.2) is 14.4 Å². The molecule has 8 heteroatoms. The number of nitrogens with zero attached hydrogens (tertiary/aromatic N) is 6. The fraction of sp³-hybridized carbons (Fsp3) is 0.409. The van der Waals surface area contributed by atoms with Gasteiger partial charge >= 0.3 is 0 Å². The summed E-state index contributed by atoms with van der Waals surface area (Å²) in [7, 11) is 4.33. The lowest BCUT2D eigenvalue weighted by atomic mass is 9.98. The first-order valence-corrected chi connectivity index (χ1v) is 11.1. The molecule has 0 aliphatic carbocycles. The van der Waals surface area contributed by atoms with E-state index in [1.54, 1.807) is 21.9 Å². The van der Waals surface area contributed by atoms with E-state index in [2.05, 4.69) is 40.8 Å². The number of halogens is 1. The largest absolute Gasteiger partial charge is 0.348 e. The molecule has 1 aliphatic heterocycles. The topological polar surface area (TPSA) is 49.6 Å². The smallest absolute Gasteiger partial charge is 0.186 e. The molecule has 6 nitrogen and oxygen atoms in total. The number of thiazole rings is 1. The maximum absolute atomic E-state index is 14.5. The van der Waals surface area contributed by atoms with Crippen molar-refractivity contribution >= 4 is 32.3 Å². The SMILES string of the molecule is Cc1cn2cc(-c3cc4sc(N(C)C5CCN(C)C(C)C5)nc4cn3)cc(F)c2n1. The number of hydrogen-bond donors (Lipinski definition) is 0. The van der Waals surface area contributed by atoms with Crippen LogP contribution in [0.2, 0.25) is 0 Å². The van der Waals surface area contributed by atoms with Gasteiger partial charge in [0.1, 0.15) is 5.52 Å². The van der Waals surface area contributed by atoms with Gasteiger partial charge in [0.2, 0.25) is 0 Å². The molecule has 2 unspecified atom stereocenters. The zero-order valence-electron chi connectivity index (χ0n) is 17.6. The van der Waals surface area contributed by atoms with Crippen molar-refractivity contribution in [1.82, 2.24) is 24.3 Å². The van der Waals surface area contributed by atoms with Crippen LogP contribution in [0.3, 0.4) is 0 Å². The minimum absolute atomic E-state index is 0.339. The van der Waals surface area contributed by atoms with Crippen LogP contribution in [-0.2, 0) is 0 Å². The first-order valence-electron chi connectivity index (χ1n) is 10.2. The summed E-state index contributed by atoms with van der Waals surface area (Å²) in [4.78, 5) is 18.3. The molecule has 0 amide bonds. The Morgan fingerprint density at radius 2 is 2.07 bits per heavy atom. The normalized spacial score (nSPS) is 20.3. The maximum Gasteiger partial charge on any atom is 0.186 e. The van der Waals surface area contributed by atoms with Gasteiger partial charge in [-0.3, -0.25) is 4.98 Å². The number of pyridine rings is 2. The van der Waals surface area contributed by atoms with Gasteiger partial charge in [0.25, 0.3) is 0 Å². The molecule has 0 bridgehead atoms. The Kier molecular flexibility index (Phi) is 4.71. The van der Waals surface area contributed by atoms with Crippen LogP contribution in [0.25, 0.3) is 27.1 Å². The van der Waals surface area contributed by atoms with Crippen LogP contribution in [0.4, 0.5) is 9.52 Å². The zero-order valence-corrected chi connectivity index (χ0v) is 18.4. The molecule has 4 aromatic rings. The van der Waals surface area contributed by atoms with Gasteiger partial charge in [0.05, 0.1) is 22.3 Å². The van der Waals surface area contributed by atoms with Crippen molar-refractivity contribution < 1.29 is 4.39 Å². The first-order chi connectivity index (χ1) is 14.4. The third kappa shape index (κ3) is 3.33. The summed E-state index contributed by atoms with van der Waals surface area (Å²) < 4.78 is 17.3. The zero-order chi connectivity index (χ0) is 21.0. The van der Waals surface area contributed by atoms with Crippen LogP contribution in [0.1, 0.15) is 25.5 Å². The third-order valence-electron chi connectivity index (χ3n) is 6.22. The average molecular weight is 425 g/mol. The minimum Gasteiger partial charge on any atom is -0.348 e. The fourth-order valence-corrected chi connectivity index (χ4v) is 5.23. The number of imidazole rings is 1. The maximum atomic E-state index is 14.5. The Hall–Kier alpha value is -2.58. The van der Waals surface area contributed by atoms with Gasteiger partial charge in [-0.05, 0) is 45.9 Å². The van der Waals surface area contributed by atoms with E-state index in [1.165, 1.54) is 6.07 Å². The highest BCUT2D eigenvalue weighted by molar-refractivity contribution is 7.22. The molecule has 0 spiro atoms. The lowest BCUT2D eigenvalue weighted by molar-refractivity contribution is 0.181. The van der Waals surface area contributed by atoms with Gasteiger partial charge in [-0.2, -0.15) is 0 Å². The second-order valence-corrected chi connectivity index (χ2v) is 9.35. The van der Waals surface area contributed by atoms with Crippen molar-refractivity contribution in [2.75, 3.05) is 25.5 Å². The van der Waals surface area contributed by atoms with Gasteiger partial charge in [0.15, 0.2) is 16.6 Å². The molecule has 1 aliphatic rings. The van der Waals surface area contributed by atoms with Crippen LogP contribution in [0.15, 0.2) is 30.7 Å². The molecule has 1 saturated heterocycles. The third-order valence-corrected chi connectivity index (χ3v) is 7.32. The Morgan fingerprint density at radius 1 is 1.23 bits per heavy atom. The molecular formula is C22H25FN6S. The molecule has 156 valence electrons. The quantitative estimate of drug-likeness (QED) is 0.489. The minimum atomic E-state index is -0.344. The Balaban J connectivity index is 1.47. The number of likely N-dealkylation sites (tertiary alicyclic amines) is 1. The number of piperidine rings is 1. The predicted molar refractivity (Wildman–Crippen MR) is 120 cm³/mol. The van der Waals surface area contributed by atoms with Crippen LogP contribution in [-0.4, -0.2) is 57.0 Å². The van der Waals surface area contributed by atoms with E-state index in [-0.39, 0.29) is 5.82 Å². The summed E-state index contributed by atoms with van der Waals surface area (Å²) in [5.41, 5.74) is 3.47. The highest BCUT2D eigenvalue weighted by atomic mass is 32.1. The summed E-state index contributed by atoms with van der Waals surface area (Å²) in [5.74, 6) is -0.344. The predicted octanol–water partition coefficient (Wildman–Crippen LogP) is 4.37. The van der Waals surface area contributed by atoms with E-state index < -0.39 is 0 Å². The molecule has 0 saturated carbocycles. The Labute approximate surface area is 179 Å². The Bertz CT molecular complexity index is 1230. The molecule has 1 fully saturated rings. The van der Waals surface area contributed by atoms with Crippen molar-refractivity contribution in [2.24, 2.45) is 0 Å². The van der Waals surface area contributed by atoms with E-state index >= 15 is 0 Å². The second-order valence-electron chi connectivity index (χ2n) is 8.34. The molecule has 0 N–H and O–H groups in total. The number of hydrogen-bond acceptors (Lipinski definition) is 6. The monoisotopic (exact) mass is 424 g/mol. The van der Waals surface area contributed by atoms with Crippen molar-refractivity contribution in [3.05, 3.63) is 42.2 Å². The molecule has 5 heterocycles. The highest BCUT2D eigenvalue weighted by Crippen LogP contribution is 2.33. The lowest BCUT2D eigenvalue weighted by Crippen LogP contribution is -2.46. The molecular weight excluding hydrogens is 399 g/mol. The number of rotatable bonds is 3. The number of fused-ring (bicyclic) bond motifs is 2. The van der Waals surface area contributed by atoms with Crippen LogP contribution >= 0.6 is 11.3 Å². The van der Waals surface area contributed by atoms with E-state index in [4.69, 9.17) is 4.98 Å². The average Bonchev–Trinajstić information content (AvgIpc) is 3.31. The molecule has 0 radical (unpaired) electrons. The van der Waals surface area contributed by atoms with Crippen LogP contribution in [0.5, 0.6) is 0 Å². The van der Waals surface area contributed by atoms with E-state index in [9.17, 15) is 4.39 Å². The van der Waals surface area contributed by atoms with E-state index in [1.807, 2.05) is 25.4 Å². The molecule has 0 aromatic carbocycles. The summed E-state index contributed by atoms with van der Waals surface area (Å²) >= 11 is 1.67. The summed E-state index contributed by atoms with van der Waals surface area (Å²) in [5, 5.41) is 1.01.